The van der Waals surface area contributed by atoms with Gasteiger partial charge in [-0.1, -0.05) is 11.6 Å². The number of nitrogens with zero attached hydrogens (tertiary/aromatic N) is 2. The van der Waals surface area contributed by atoms with Crippen molar-refractivity contribution < 1.29 is 19.1 Å². The maximum absolute atomic E-state index is 12.7. The third-order valence-corrected chi connectivity index (χ3v) is 4.24. The molecule has 2 rings (SSSR count). The second kappa shape index (κ2) is 7.38. The minimum Gasteiger partial charge on any atom is -0.469 e. The fourth-order valence-corrected chi connectivity index (χ4v) is 3.12. The lowest BCUT2D eigenvalue weighted by Crippen LogP contribution is -2.42. The number of halogens is 1. The van der Waals surface area contributed by atoms with Crippen LogP contribution in [0.25, 0.3) is 0 Å². The van der Waals surface area contributed by atoms with Gasteiger partial charge in [0.2, 0.25) is 0 Å². The number of hydrogen-bond donors (Lipinski definition) is 0. The maximum Gasteiger partial charge on any atom is 0.411 e. The molecule has 0 saturated carbocycles. The maximum atomic E-state index is 12.7. The lowest BCUT2D eigenvalue weighted by Gasteiger charge is -2.32. The molecule has 0 aromatic carbocycles. The number of carbonyl (C=O) groups is 2. The van der Waals surface area contributed by atoms with E-state index in [2.05, 4.69) is 4.98 Å². The van der Waals surface area contributed by atoms with Gasteiger partial charge in [-0.15, -0.1) is 0 Å². The molecule has 1 aromatic rings. The van der Waals surface area contributed by atoms with Crippen LogP contribution in [-0.4, -0.2) is 40.7 Å². The highest BCUT2D eigenvalue weighted by atomic mass is 35.5. The Kier molecular flexibility index (Phi) is 5.70. The summed E-state index contributed by atoms with van der Waals surface area (Å²) in [5.74, 6) is -0.355. The van der Waals surface area contributed by atoms with Crippen LogP contribution in [0.1, 0.15) is 51.6 Å². The number of amides is 1. The Morgan fingerprint density at radius 1 is 1.38 bits per heavy atom. The van der Waals surface area contributed by atoms with E-state index in [0.717, 1.165) is 5.56 Å². The normalized spacial score (nSPS) is 20.8. The minimum absolute atomic E-state index is 0.129. The van der Waals surface area contributed by atoms with Crippen LogP contribution in [0.2, 0.25) is 5.02 Å². The molecule has 1 amide bonds. The highest BCUT2D eigenvalue weighted by Crippen LogP contribution is 2.40. The molecule has 1 fully saturated rings. The SMILES string of the molecule is COC(=O)C[C@@H]1CC[C@H](c2cnccc2Cl)N1C(=O)OC(C)(C)C. The topological polar surface area (TPSA) is 68.7 Å². The third kappa shape index (κ3) is 4.38. The van der Waals surface area contributed by atoms with Gasteiger partial charge in [-0.25, -0.2) is 4.79 Å². The largest absolute Gasteiger partial charge is 0.469 e. The number of hydrogen-bond acceptors (Lipinski definition) is 5. The van der Waals surface area contributed by atoms with E-state index in [9.17, 15) is 9.59 Å². The number of rotatable bonds is 3. The van der Waals surface area contributed by atoms with Crippen molar-refractivity contribution in [2.24, 2.45) is 0 Å². The predicted octanol–water partition coefficient (Wildman–Crippen LogP) is 3.74. The van der Waals surface area contributed by atoms with Crippen molar-refractivity contribution in [2.45, 2.75) is 57.7 Å². The van der Waals surface area contributed by atoms with Crippen molar-refractivity contribution in [3.8, 4) is 0 Å². The number of methoxy groups -OCH3 is 1. The average Bonchev–Trinajstić information content (AvgIpc) is 2.89. The van der Waals surface area contributed by atoms with E-state index in [1.807, 2.05) is 20.8 Å². The van der Waals surface area contributed by atoms with E-state index in [1.165, 1.54) is 7.11 Å². The lowest BCUT2D eigenvalue weighted by atomic mass is 10.1. The second-order valence-electron chi connectivity index (χ2n) is 6.81. The zero-order valence-electron chi connectivity index (χ0n) is 14.4. The third-order valence-electron chi connectivity index (χ3n) is 3.89. The van der Waals surface area contributed by atoms with Crippen molar-refractivity contribution >= 4 is 23.7 Å². The van der Waals surface area contributed by atoms with Crippen LogP contribution in [0, 0.1) is 0 Å². The number of aromatic nitrogens is 1. The van der Waals surface area contributed by atoms with Crippen molar-refractivity contribution in [1.82, 2.24) is 9.88 Å². The average molecular weight is 355 g/mol. The quantitative estimate of drug-likeness (QED) is 0.773. The number of pyridine rings is 1. The van der Waals surface area contributed by atoms with E-state index in [1.54, 1.807) is 23.4 Å². The predicted molar refractivity (Wildman–Crippen MR) is 89.7 cm³/mol. The van der Waals surface area contributed by atoms with Crippen LogP contribution < -0.4 is 0 Å². The van der Waals surface area contributed by atoms with Gasteiger partial charge in [0.15, 0.2) is 0 Å². The van der Waals surface area contributed by atoms with Crippen LogP contribution in [-0.2, 0) is 14.3 Å². The minimum atomic E-state index is -0.626. The molecule has 1 aromatic heterocycles. The van der Waals surface area contributed by atoms with Gasteiger partial charge in [0.25, 0.3) is 0 Å². The number of esters is 1. The summed E-state index contributed by atoms with van der Waals surface area (Å²) in [7, 11) is 1.34. The highest BCUT2D eigenvalue weighted by Gasteiger charge is 2.41. The first kappa shape index (κ1) is 18.5. The number of carbonyl (C=O) groups excluding carboxylic acids is 2. The van der Waals surface area contributed by atoms with Gasteiger partial charge in [-0.2, -0.15) is 0 Å². The molecule has 7 heteroatoms. The zero-order valence-corrected chi connectivity index (χ0v) is 15.2. The molecule has 0 spiro atoms. The van der Waals surface area contributed by atoms with Gasteiger partial charge in [-0.3, -0.25) is 14.7 Å². The molecule has 0 unspecified atom stereocenters. The number of likely N-dealkylation sites (tertiary alicyclic amines) is 1. The first-order valence-corrected chi connectivity index (χ1v) is 8.28. The Morgan fingerprint density at radius 3 is 2.67 bits per heavy atom. The fraction of sp³-hybridized carbons (Fsp3) is 0.588. The molecule has 132 valence electrons. The summed E-state index contributed by atoms with van der Waals surface area (Å²) in [6.07, 6.45) is 4.29. The lowest BCUT2D eigenvalue weighted by molar-refractivity contribution is -0.141. The van der Waals surface area contributed by atoms with Crippen LogP contribution in [0.15, 0.2) is 18.5 Å². The molecule has 0 radical (unpaired) electrons. The van der Waals surface area contributed by atoms with Gasteiger partial charge in [0.05, 0.1) is 19.6 Å². The smallest absolute Gasteiger partial charge is 0.411 e. The Morgan fingerprint density at radius 2 is 2.08 bits per heavy atom. The van der Waals surface area contributed by atoms with Crippen LogP contribution in [0.3, 0.4) is 0 Å². The van der Waals surface area contributed by atoms with E-state index < -0.39 is 11.7 Å². The van der Waals surface area contributed by atoms with Crippen LogP contribution in [0.5, 0.6) is 0 Å². The van der Waals surface area contributed by atoms with Gasteiger partial charge in [0.1, 0.15) is 5.60 Å². The summed E-state index contributed by atoms with van der Waals surface area (Å²) in [4.78, 5) is 30.1. The summed E-state index contributed by atoms with van der Waals surface area (Å²) >= 11 is 6.28. The van der Waals surface area contributed by atoms with Gasteiger partial charge in [-0.05, 0) is 39.7 Å². The van der Waals surface area contributed by atoms with Gasteiger partial charge >= 0.3 is 12.1 Å². The molecule has 1 aliphatic rings. The summed E-state index contributed by atoms with van der Waals surface area (Å²) < 4.78 is 10.3. The van der Waals surface area contributed by atoms with Crippen molar-refractivity contribution in [2.75, 3.05) is 7.11 Å². The fourth-order valence-electron chi connectivity index (χ4n) is 2.89. The first-order chi connectivity index (χ1) is 11.2. The molecule has 2 heterocycles. The molecule has 6 nitrogen and oxygen atoms in total. The van der Waals surface area contributed by atoms with Crippen molar-refractivity contribution in [1.29, 1.82) is 0 Å². The van der Waals surface area contributed by atoms with E-state index in [4.69, 9.17) is 21.1 Å². The standard InChI is InChI=1S/C17H23ClN2O4/c1-17(2,3)24-16(22)20-11(9-15(21)23-4)5-6-14(20)12-10-19-8-7-13(12)18/h7-8,10-11,14H,5-6,9H2,1-4H3/t11-,14+/m0/s1. The molecule has 0 bridgehead atoms. The molecule has 0 N–H and O–H groups in total. The second-order valence-corrected chi connectivity index (χ2v) is 7.22. The van der Waals surface area contributed by atoms with Crippen LogP contribution >= 0.6 is 11.6 Å². The molecule has 2 atom stereocenters. The van der Waals surface area contributed by atoms with Crippen molar-refractivity contribution in [3.05, 3.63) is 29.0 Å². The zero-order chi connectivity index (χ0) is 17.9. The van der Waals surface area contributed by atoms with Crippen molar-refractivity contribution in [3.63, 3.8) is 0 Å². The molecule has 0 aliphatic carbocycles. The van der Waals surface area contributed by atoms with E-state index in [0.29, 0.717) is 17.9 Å². The van der Waals surface area contributed by atoms with E-state index in [-0.39, 0.29) is 24.5 Å². The summed E-state index contributed by atoms with van der Waals surface area (Å²) in [6, 6.07) is 1.14. The van der Waals surface area contributed by atoms with Gasteiger partial charge < -0.3 is 9.47 Å². The Hall–Kier alpha value is -1.82. The number of ether oxygens (including phenoxy) is 2. The van der Waals surface area contributed by atoms with Gasteiger partial charge in [0, 0.05) is 29.0 Å². The molecule has 1 saturated heterocycles. The molecule has 24 heavy (non-hydrogen) atoms. The summed E-state index contributed by atoms with van der Waals surface area (Å²) in [5, 5.41) is 0.544. The Bertz CT molecular complexity index is 615. The summed E-state index contributed by atoms with van der Waals surface area (Å²) in [5.41, 5.74) is 0.135. The Labute approximate surface area is 147 Å². The van der Waals surface area contributed by atoms with Crippen LogP contribution in [0.4, 0.5) is 4.79 Å². The monoisotopic (exact) mass is 354 g/mol. The summed E-state index contributed by atoms with van der Waals surface area (Å²) in [6.45, 7) is 5.42. The first-order valence-electron chi connectivity index (χ1n) is 7.90. The van der Waals surface area contributed by atoms with E-state index >= 15 is 0 Å². The Balaban J connectivity index is 2.31. The molecular formula is C17H23ClN2O4. The highest BCUT2D eigenvalue weighted by molar-refractivity contribution is 6.31. The molecular weight excluding hydrogens is 332 g/mol. The molecule has 1 aliphatic heterocycles.